The molecule has 2 nitrogen and oxygen atoms in total. The molecule has 1 N–H and O–H groups in total. The van der Waals surface area contributed by atoms with Gasteiger partial charge in [-0.3, -0.25) is 0 Å². The van der Waals surface area contributed by atoms with E-state index in [1.807, 2.05) is 13.0 Å². The first kappa shape index (κ1) is 7.09. The average molecular weight is 138 g/mol. The molecule has 2 heteroatoms. The number of furan rings is 1. The minimum absolute atomic E-state index is 0.0557. The molecule has 0 radical (unpaired) electrons. The minimum Gasteiger partial charge on any atom is -0.465 e. The van der Waals surface area contributed by atoms with Crippen LogP contribution in [-0.2, 0) is 0 Å². The van der Waals surface area contributed by atoms with Gasteiger partial charge in [0.25, 0.3) is 0 Å². The molecule has 0 bridgehead atoms. The van der Waals surface area contributed by atoms with E-state index < -0.39 is 0 Å². The van der Waals surface area contributed by atoms with Gasteiger partial charge in [-0.2, -0.15) is 0 Å². The van der Waals surface area contributed by atoms with Crippen molar-refractivity contribution < 1.29 is 9.52 Å². The standard InChI is InChI=1S/C8H10O2/c1-7-4-6-10-8(7)3-2-5-9/h2-4,6,9H,5H2,1H3/b3-2+. The summed E-state index contributed by atoms with van der Waals surface area (Å²) in [5.41, 5.74) is 1.09. The van der Waals surface area contributed by atoms with E-state index in [-0.39, 0.29) is 6.61 Å². The molecular weight excluding hydrogens is 128 g/mol. The molecule has 0 saturated heterocycles. The van der Waals surface area contributed by atoms with Crippen molar-refractivity contribution in [1.29, 1.82) is 0 Å². The second-order valence-electron chi connectivity index (χ2n) is 2.05. The largest absolute Gasteiger partial charge is 0.465 e. The lowest BCUT2D eigenvalue weighted by Gasteiger charge is -1.85. The van der Waals surface area contributed by atoms with Crippen molar-refractivity contribution in [3.8, 4) is 0 Å². The maximum Gasteiger partial charge on any atom is 0.129 e. The monoisotopic (exact) mass is 138 g/mol. The van der Waals surface area contributed by atoms with Crippen LogP contribution < -0.4 is 0 Å². The van der Waals surface area contributed by atoms with Crippen LogP contribution in [0.15, 0.2) is 22.8 Å². The Kier molecular flexibility index (Phi) is 2.29. The number of aliphatic hydroxyl groups is 1. The molecule has 0 saturated carbocycles. The van der Waals surface area contributed by atoms with Crippen LogP contribution in [0.4, 0.5) is 0 Å². The van der Waals surface area contributed by atoms with E-state index in [0.29, 0.717) is 0 Å². The molecule has 0 fully saturated rings. The topological polar surface area (TPSA) is 33.4 Å². The van der Waals surface area contributed by atoms with E-state index in [0.717, 1.165) is 11.3 Å². The molecule has 1 heterocycles. The van der Waals surface area contributed by atoms with E-state index in [1.54, 1.807) is 18.4 Å². The van der Waals surface area contributed by atoms with Crippen molar-refractivity contribution in [1.82, 2.24) is 0 Å². The maximum absolute atomic E-state index is 8.43. The molecule has 0 atom stereocenters. The number of hydrogen-bond donors (Lipinski definition) is 1. The van der Waals surface area contributed by atoms with E-state index in [4.69, 9.17) is 9.52 Å². The Morgan fingerprint density at radius 2 is 2.50 bits per heavy atom. The zero-order chi connectivity index (χ0) is 7.40. The summed E-state index contributed by atoms with van der Waals surface area (Å²) < 4.78 is 5.07. The molecule has 54 valence electrons. The van der Waals surface area contributed by atoms with Gasteiger partial charge in [-0.1, -0.05) is 6.08 Å². The van der Waals surface area contributed by atoms with Gasteiger partial charge in [0.2, 0.25) is 0 Å². The summed E-state index contributed by atoms with van der Waals surface area (Å²) in [5, 5.41) is 8.43. The highest BCUT2D eigenvalue weighted by molar-refractivity contribution is 5.46. The van der Waals surface area contributed by atoms with Crippen molar-refractivity contribution in [2.24, 2.45) is 0 Å². The predicted molar refractivity (Wildman–Crippen MR) is 39.6 cm³/mol. The van der Waals surface area contributed by atoms with Crippen LogP contribution in [0.5, 0.6) is 0 Å². The van der Waals surface area contributed by atoms with Crippen molar-refractivity contribution >= 4 is 6.08 Å². The molecule has 1 aromatic rings. The Balaban J connectivity index is 2.74. The average Bonchev–Trinajstić information content (AvgIpc) is 2.31. The number of rotatable bonds is 2. The number of aliphatic hydroxyl groups excluding tert-OH is 1. The van der Waals surface area contributed by atoms with Crippen LogP contribution in [0, 0.1) is 6.92 Å². The van der Waals surface area contributed by atoms with Crippen molar-refractivity contribution in [3.63, 3.8) is 0 Å². The molecule has 10 heavy (non-hydrogen) atoms. The third kappa shape index (κ3) is 1.48. The second-order valence-corrected chi connectivity index (χ2v) is 2.05. The van der Waals surface area contributed by atoms with Crippen LogP contribution in [0.25, 0.3) is 6.08 Å². The molecule has 0 amide bonds. The quantitative estimate of drug-likeness (QED) is 0.673. The Bertz CT molecular complexity index is 223. The molecule has 0 aromatic carbocycles. The van der Waals surface area contributed by atoms with Crippen LogP contribution in [-0.4, -0.2) is 11.7 Å². The lowest BCUT2D eigenvalue weighted by molar-refractivity contribution is 0.343. The van der Waals surface area contributed by atoms with Gasteiger partial charge >= 0.3 is 0 Å². The molecule has 0 aliphatic heterocycles. The fourth-order valence-corrected chi connectivity index (χ4v) is 0.715. The lowest BCUT2D eigenvalue weighted by Crippen LogP contribution is -1.72. The fraction of sp³-hybridized carbons (Fsp3) is 0.250. The molecule has 0 unspecified atom stereocenters. The van der Waals surface area contributed by atoms with Gasteiger partial charge in [0.05, 0.1) is 12.9 Å². The van der Waals surface area contributed by atoms with E-state index in [2.05, 4.69) is 0 Å². The second kappa shape index (κ2) is 3.22. The molecule has 0 spiro atoms. The first-order valence-electron chi connectivity index (χ1n) is 3.16. The Morgan fingerprint density at radius 1 is 1.70 bits per heavy atom. The van der Waals surface area contributed by atoms with E-state index in [1.165, 1.54) is 0 Å². The summed E-state index contributed by atoms with van der Waals surface area (Å²) in [7, 11) is 0. The number of aryl methyl sites for hydroxylation is 1. The molecule has 1 aromatic heterocycles. The third-order valence-electron chi connectivity index (χ3n) is 1.28. The highest BCUT2D eigenvalue weighted by Gasteiger charge is 1.93. The van der Waals surface area contributed by atoms with Crippen molar-refractivity contribution in [2.45, 2.75) is 6.92 Å². The van der Waals surface area contributed by atoms with Crippen LogP contribution in [0.1, 0.15) is 11.3 Å². The van der Waals surface area contributed by atoms with Crippen LogP contribution >= 0.6 is 0 Å². The molecule has 0 aliphatic rings. The number of hydrogen-bond acceptors (Lipinski definition) is 2. The maximum atomic E-state index is 8.43. The summed E-state index contributed by atoms with van der Waals surface area (Å²) in [5.74, 6) is 0.814. The SMILES string of the molecule is Cc1ccoc1/C=C/CO. The van der Waals surface area contributed by atoms with Gasteiger partial charge in [0.1, 0.15) is 5.76 Å². The van der Waals surface area contributed by atoms with E-state index >= 15 is 0 Å². The Morgan fingerprint density at radius 3 is 3.00 bits per heavy atom. The van der Waals surface area contributed by atoms with E-state index in [9.17, 15) is 0 Å². The van der Waals surface area contributed by atoms with Gasteiger partial charge in [-0.15, -0.1) is 0 Å². The van der Waals surface area contributed by atoms with Crippen molar-refractivity contribution in [3.05, 3.63) is 29.7 Å². The van der Waals surface area contributed by atoms with Gasteiger partial charge < -0.3 is 9.52 Å². The Labute approximate surface area is 59.8 Å². The summed E-state index contributed by atoms with van der Waals surface area (Å²) in [6.45, 7) is 2.01. The highest BCUT2D eigenvalue weighted by Crippen LogP contribution is 2.09. The zero-order valence-corrected chi connectivity index (χ0v) is 5.87. The Hall–Kier alpha value is -1.02. The molecule has 1 rings (SSSR count). The van der Waals surface area contributed by atoms with Gasteiger partial charge in [0.15, 0.2) is 0 Å². The highest BCUT2D eigenvalue weighted by atomic mass is 16.3. The molecular formula is C8H10O2. The smallest absolute Gasteiger partial charge is 0.129 e. The summed E-state index contributed by atoms with van der Waals surface area (Å²) in [4.78, 5) is 0. The normalized spacial score (nSPS) is 11.0. The minimum atomic E-state index is 0.0557. The third-order valence-corrected chi connectivity index (χ3v) is 1.28. The van der Waals surface area contributed by atoms with Gasteiger partial charge in [-0.05, 0) is 24.6 Å². The first-order valence-corrected chi connectivity index (χ1v) is 3.16. The summed E-state index contributed by atoms with van der Waals surface area (Å²) in [6.07, 6.45) is 5.04. The van der Waals surface area contributed by atoms with Gasteiger partial charge in [0, 0.05) is 0 Å². The van der Waals surface area contributed by atoms with Crippen molar-refractivity contribution in [2.75, 3.05) is 6.61 Å². The van der Waals surface area contributed by atoms with Crippen LogP contribution in [0.2, 0.25) is 0 Å². The van der Waals surface area contributed by atoms with Crippen LogP contribution in [0.3, 0.4) is 0 Å². The van der Waals surface area contributed by atoms with Gasteiger partial charge in [-0.25, -0.2) is 0 Å². The fourth-order valence-electron chi connectivity index (χ4n) is 0.715. The first-order chi connectivity index (χ1) is 4.84. The summed E-state index contributed by atoms with van der Waals surface area (Å²) in [6, 6.07) is 1.89. The molecule has 0 aliphatic carbocycles. The zero-order valence-electron chi connectivity index (χ0n) is 5.87. The summed E-state index contributed by atoms with van der Waals surface area (Å²) >= 11 is 0. The lowest BCUT2D eigenvalue weighted by atomic mass is 10.3. The predicted octanol–water partition coefficient (Wildman–Crippen LogP) is 1.59.